The SMILES string of the molecule is C=Cc1ccc(Cn2c3ccccc3c3cc(Br)ccc32)cc1. The van der Waals surface area contributed by atoms with Crippen molar-refractivity contribution >= 4 is 43.8 Å². The average molecular weight is 362 g/mol. The predicted octanol–water partition coefficient (Wildman–Crippen LogP) is 6.25. The third-order valence-electron chi connectivity index (χ3n) is 4.29. The molecule has 2 heteroatoms. The third-order valence-corrected chi connectivity index (χ3v) is 4.78. The van der Waals surface area contributed by atoms with E-state index in [4.69, 9.17) is 0 Å². The maximum Gasteiger partial charge on any atom is 0.0495 e. The molecule has 0 radical (unpaired) electrons. The molecule has 1 nitrogen and oxygen atoms in total. The van der Waals surface area contributed by atoms with Crippen LogP contribution in [0.5, 0.6) is 0 Å². The lowest BCUT2D eigenvalue weighted by atomic mass is 10.1. The molecule has 0 saturated heterocycles. The first-order valence-corrected chi connectivity index (χ1v) is 8.43. The molecule has 0 bridgehead atoms. The van der Waals surface area contributed by atoms with Gasteiger partial charge in [-0.25, -0.2) is 0 Å². The number of halogens is 1. The molecule has 112 valence electrons. The Balaban J connectivity index is 1.91. The monoisotopic (exact) mass is 361 g/mol. The highest BCUT2D eigenvalue weighted by atomic mass is 79.9. The van der Waals surface area contributed by atoms with E-state index in [2.05, 4.69) is 93.8 Å². The fourth-order valence-corrected chi connectivity index (χ4v) is 3.50. The number of aromatic nitrogens is 1. The van der Waals surface area contributed by atoms with Crippen molar-refractivity contribution in [3.63, 3.8) is 0 Å². The van der Waals surface area contributed by atoms with Gasteiger partial charge in [-0.15, -0.1) is 0 Å². The number of rotatable bonds is 3. The molecule has 0 spiro atoms. The summed E-state index contributed by atoms with van der Waals surface area (Å²) in [4.78, 5) is 0. The molecule has 0 unspecified atom stereocenters. The Morgan fingerprint density at radius 3 is 2.39 bits per heavy atom. The molecule has 0 aliphatic heterocycles. The number of para-hydroxylation sites is 1. The third kappa shape index (κ3) is 2.49. The zero-order chi connectivity index (χ0) is 15.8. The fourth-order valence-electron chi connectivity index (χ4n) is 3.14. The summed E-state index contributed by atoms with van der Waals surface area (Å²) in [5.74, 6) is 0. The summed E-state index contributed by atoms with van der Waals surface area (Å²) in [6.45, 7) is 4.68. The van der Waals surface area contributed by atoms with Gasteiger partial charge in [-0.05, 0) is 35.4 Å². The zero-order valence-electron chi connectivity index (χ0n) is 12.7. The second kappa shape index (κ2) is 5.71. The molecule has 0 aliphatic carbocycles. The smallest absolute Gasteiger partial charge is 0.0495 e. The first-order chi connectivity index (χ1) is 11.3. The van der Waals surface area contributed by atoms with Crippen LogP contribution in [0.2, 0.25) is 0 Å². The number of nitrogens with zero attached hydrogens (tertiary/aromatic N) is 1. The van der Waals surface area contributed by atoms with Crippen LogP contribution < -0.4 is 0 Å². The maximum atomic E-state index is 3.82. The van der Waals surface area contributed by atoms with Gasteiger partial charge in [0.25, 0.3) is 0 Å². The fraction of sp³-hybridized carbons (Fsp3) is 0.0476. The number of fused-ring (bicyclic) bond motifs is 3. The minimum absolute atomic E-state index is 0.864. The number of hydrogen-bond donors (Lipinski definition) is 0. The number of benzene rings is 3. The van der Waals surface area contributed by atoms with Gasteiger partial charge in [-0.3, -0.25) is 0 Å². The van der Waals surface area contributed by atoms with Gasteiger partial charge in [0.15, 0.2) is 0 Å². The molecule has 0 aliphatic rings. The highest BCUT2D eigenvalue weighted by molar-refractivity contribution is 9.10. The Labute approximate surface area is 144 Å². The van der Waals surface area contributed by atoms with Gasteiger partial charge in [0.05, 0.1) is 0 Å². The van der Waals surface area contributed by atoms with Crippen molar-refractivity contribution in [2.24, 2.45) is 0 Å². The van der Waals surface area contributed by atoms with Gasteiger partial charge in [-0.1, -0.05) is 71.0 Å². The Kier molecular flexibility index (Phi) is 3.55. The molecule has 0 amide bonds. The maximum absolute atomic E-state index is 3.82. The lowest BCUT2D eigenvalue weighted by molar-refractivity contribution is 0.869. The van der Waals surface area contributed by atoms with Crippen LogP contribution in [0.15, 0.2) is 77.8 Å². The Morgan fingerprint density at radius 1 is 0.870 bits per heavy atom. The van der Waals surface area contributed by atoms with Crippen LogP contribution in [0.4, 0.5) is 0 Å². The summed E-state index contributed by atoms with van der Waals surface area (Å²) < 4.78 is 3.50. The standard InChI is InChI=1S/C21H16BrN/c1-2-15-7-9-16(10-8-15)14-23-20-6-4-3-5-18(20)19-13-17(22)11-12-21(19)23/h2-13H,1,14H2. The molecule has 0 atom stereocenters. The number of hydrogen-bond acceptors (Lipinski definition) is 0. The average Bonchev–Trinajstić information content (AvgIpc) is 2.89. The zero-order valence-corrected chi connectivity index (χ0v) is 14.3. The molecule has 1 heterocycles. The highest BCUT2D eigenvalue weighted by Gasteiger charge is 2.10. The second-order valence-corrected chi connectivity index (χ2v) is 6.63. The topological polar surface area (TPSA) is 4.93 Å². The van der Waals surface area contributed by atoms with E-state index in [1.165, 1.54) is 27.4 Å². The quantitative estimate of drug-likeness (QED) is 0.406. The van der Waals surface area contributed by atoms with Crippen molar-refractivity contribution in [2.45, 2.75) is 6.54 Å². The largest absolute Gasteiger partial charge is 0.336 e. The van der Waals surface area contributed by atoms with Gasteiger partial charge in [0, 0.05) is 32.8 Å². The molecule has 4 rings (SSSR count). The summed E-state index contributed by atoms with van der Waals surface area (Å²) in [5, 5.41) is 2.59. The Hall–Kier alpha value is -2.32. The molecule has 4 aromatic rings. The lowest BCUT2D eigenvalue weighted by Gasteiger charge is -2.08. The molecule has 23 heavy (non-hydrogen) atoms. The first-order valence-electron chi connectivity index (χ1n) is 7.64. The van der Waals surface area contributed by atoms with E-state index in [1.807, 2.05) is 6.08 Å². The predicted molar refractivity (Wildman–Crippen MR) is 103 cm³/mol. The highest BCUT2D eigenvalue weighted by Crippen LogP contribution is 2.31. The summed E-state index contributed by atoms with van der Waals surface area (Å²) in [6.07, 6.45) is 1.88. The van der Waals surface area contributed by atoms with Crippen LogP contribution in [0.25, 0.3) is 27.9 Å². The van der Waals surface area contributed by atoms with Crippen molar-refractivity contribution in [2.75, 3.05) is 0 Å². The van der Waals surface area contributed by atoms with E-state index >= 15 is 0 Å². The van der Waals surface area contributed by atoms with E-state index in [0.29, 0.717) is 0 Å². The Bertz CT molecular complexity index is 1010. The molecular formula is C21H16BrN. The van der Waals surface area contributed by atoms with E-state index in [1.54, 1.807) is 0 Å². The van der Waals surface area contributed by atoms with Crippen LogP contribution in [-0.4, -0.2) is 4.57 Å². The second-order valence-electron chi connectivity index (χ2n) is 5.71. The van der Waals surface area contributed by atoms with E-state index in [9.17, 15) is 0 Å². The summed E-state index contributed by atoms with van der Waals surface area (Å²) >= 11 is 3.59. The van der Waals surface area contributed by atoms with Crippen molar-refractivity contribution in [1.82, 2.24) is 4.57 Å². The van der Waals surface area contributed by atoms with Crippen LogP contribution in [0.1, 0.15) is 11.1 Å². The van der Waals surface area contributed by atoms with Gasteiger partial charge in [0.2, 0.25) is 0 Å². The normalized spacial score (nSPS) is 11.2. The van der Waals surface area contributed by atoms with Crippen molar-refractivity contribution in [1.29, 1.82) is 0 Å². The van der Waals surface area contributed by atoms with E-state index in [0.717, 1.165) is 16.6 Å². The van der Waals surface area contributed by atoms with Crippen LogP contribution >= 0.6 is 15.9 Å². The summed E-state index contributed by atoms with van der Waals surface area (Å²) in [6, 6.07) is 23.7. The van der Waals surface area contributed by atoms with Crippen LogP contribution in [-0.2, 0) is 6.54 Å². The molecule has 0 saturated carbocycles. The first kappa shape index (κ1) is 14.3. The molecular weight excluding hydrogens is 346 g/mol. The van der Waals surface area contributed by atoms with E-state index in [-0.39, 0.29) is 0 Å². The minimum Gasteiger partial charge on any atom is -0.336 e. The Morgan fingerprint density at radius 2 is 1.61 bits per heavy atom. The summed E-state index contributed by atoms with van der Waals surface area (Å²) in [5.41, 5.74) is 4.98. The van der Waals surface area contributed by atoms with E-state index < -0.39 is 0 Å². The lowest BCUT2D eigenvalue weighted by Crippen LogP contribution is -1.99. The molecule has 1 aromatic heterocycles. The van der Waals surface area contributed by atoms with Crippen LogP contribution in [0, 0.1) is 0 Å². The van der Waals surface area contributed by atoms with Crippen molar-refractivity contribution < 1.29 is 0 Å². The molecule has 0 fully saturated rings. The van der Waals surface area contributed by atoms with Crippen LogP contribution in [0.3, 0.4) is 0 Å². The summed E-state index contributed by atoms with van der Waals surface area (Å²) in [7, 11) is 0. The molecule has 0 N–H and O–H groups in total. The van der Waals surface area contributed by atoms with Gasteiger partial charge in [-0.2, -0.15) is 0 Å². The van der Waals surface area contributed by atoms with Gasteiger partial charge >= 0.3 is 0 Å². The van der Waals surface area contributed by atoms with Gasteiger partial charge < -0.3 is 4.57 Å². The minimum atomic E-state index is 0.864. The molecule has 3 aromatic carbocycles. The van der Waals surface area contributed by atoms with Crippen molar-refractivity contribution in [3.05, 3.63) is 88.9 Å². The van der Waals surface area contributed by atoms with Gasteiger partial charge in [0.1, 0.15) is 0 Å². The van der Waals surface area contributed by atoms with Crippen molar-refractivity contribution in [3.8, 4) is 0 Å².